The third-order valence-corrected chi connectivity index (χ3v) is 9.73. The standard InChI is InChI=1S/C47H29N3O/c1-2-12-30(13-3-1)33-16-8-17-34(28-33)36-19-9-21-38-37(36)20-10-22-39(38)46-48-45(35-27-26-31-14-4-5-15-32(31)29-35)49-47(50-46)41-23-11-25-43-44(41)40-18-6-7-24-42(40)51-43/h1-29H. The van der Waals surface area contributed by atoms with E-state index in [2.05, 4.69) is 146 Å². The molecular weight excluding hydrogens is 623 g/mol. The molecule has 10 aromatic rings. The van der Waals surface area contributed by atoms with Crippen molar-refractivity contribution in [1.29, 1.82) is 0 Å². The molecule has 0 N–H and O–H groups in total. The Balaban J connectivity index is 1.20. The van der Waals surface area contributed by atoms with Crippen LogP contribution in [0.5, 0.6) is 0 Å². The highest BCUT2D eigenvalue weighted by molar-refractivity contribution is 6.12. The minimum Gasteiger partial charge on any atom is -0.456 e. The van der Waals surface area contributed by atoms with E-state index in [1.807, 2.05) is 30.3 Å². The molecule has 0 bridgehead atoms. The second kappa shape index (κ2) is 11.9. The van der Waals surface area contributed by atoms with Crippen LogP contribution in [0, 0.1) is 0 Å². The van der Waals surface area contributed by atoms with Crippen LogP contribution in [0.25, 0.3) is 99.9 Å². The van der Waals surface area contributed by atoms with E-state index in [4.69, 9.17) is 19.4 Å². The van der Waals surface area contributed by atoms with Gasteiger partial charge in [0.2, 0.25) is 0 Å². The summed E-state index contributed by atoms with van der Waals surface area (Å²) in [6, 6.07) is 61.1. The van der Waals surface area contributed by atoms with Gasteiger partial charge in [-0.3, -0.25) is 0 Å². The summed E-state index contributed by atoms with van der Waals surface area (Å²) in [7, 11) is 0. The highest BCUT2D eigenvalue weighted by atomic mass is 16.3. The maximum absolute atomic E-state index is 6.27. The lowest BCUT2D eigenvalue weighted by Gasteiger charge is -2.13. The van der Waals surface area contributed by atoms with Crippen LogP contribution in [0.1, 0.15) is 0 Å². The molecule has 238 valence electrons. The average Bonchev–Trinajstić information content (AvgIpc) is 3.59. The van der Waals surface area contributed by atoms with Gasteiger partial charge in [-0.25, -0.2) is 15.0 Å². The van der Waals surface area contributed by atoms with Crippen molar-refractivity contribution in [3.8, 4) is 56.4 Å². The Morgan fingerprint density at radius 2 is 0.902 bits per heavy atom. The van der Waals surface area contributed by atoms with E-state index in [1.165, 1.54) is 16.5 Å². The van der Waals surface area contributed by atoms with Crippen molar-refractivity contribution in [2.75, 3.05) is 0 Å². The Bertz CT molecular complexity index is 2930. The van der Waals surface area contributed by atoms with E-state index in [0.717, 1.165) is 65.9 Å². The number of para-hydroxylation sites is 1. The highest BCUT2D eigenvalue weighted by Gasteiger charge is 2.19. The number of furan rings is 1. The largest absolute Gasteiger partial charge is 0.456 e. The van der Waals surface area contributed by atoms with Crippen LogP contribution in [0.15, 0.2) is 180 Å². The third kappa shape index (κ3) is 5.04. The van der Waals surface area contributed by atoms with Crippen molar-refractivity contribution < 1.29 is 4.42 Å². The fourth-order valence-electron chi connectivity index (χ4n) is 7.29. The molecular formula is C47H29N3O. The van der Waals surface area contributed by atoms with Crippen molar-refractivity contribution >= 4 is 43.5 Å². The molecule has 0 unspecified atom stereocenters. The van der Waals surface area contributed by atoms with Crippen LogP contribution >= 0.6 is 0 Å². The molecule has 4 nitrogen and oxygen atoms in total. The predicted octanol–water partition coefficient (Wildman–Crippen LogP) is 12.4. The summed E-state index contributed by atoms with van der Waals surface area (Å²) in [5.41, 5.74) is 9.12. The smallest absolute Gasteiger partial charge is 0.164 e. The van der Waals surface area contributed by atoms with Gasteiger partial charge in [-0.1, -0.05) is 152 Å². The van der Waals surface area contributed by atoms with Gasteiger partial charge in [0.1, 0.15) is 11.2 Å². The van der Waals surface area contributed by atoms with Crippen molar-refractivity contribution in [2.45, 2.75) is 0 Å². The average molecular weight is 652 g/mol. The van der Waals surface area contributed by atoms with Gasteiger partial charge in [0, 0.05) is 27.5 Å². The van der Waals surface area contributed by atoms with E-state index in [9.17, 15) is 0 Å². The zero-order valence-corrected chi connectivity index (χ0v) is 27.5. The van der Waals surface area contributed by atoms with Crippen LogP contribution in [0.4, 0.5) is 0 Å². The summed E-state index contributed by atoms with van der Waals surface area (Å²) >= 11 is 0. The molecule has 0 saturated carbocycles. The number of hydrogen-bond acceptors (Lipinski definition) is 4. The Labute approximate surface area is 294 Å². The highest BCUT2D eigenvalue weighted by Crippen LogP contribution is 2.39. The summed E-state index contributed by atoms with van der Waals surface area (Å²) in [6.45, 7) is 0. The number of aromatic nitrogens is 3. The lowest BCUT2D eigenvalue weighted by molar-refractivity contribution is 0.669. The maximum Gasteiger partial charge on any atom is 0.164 e. The summed E-state index contributed by atoms with van der Waals surface area (Å²) < 4.78 is 6.27. The molecule has 0 radical (unpaired) electrons. The number of rotatable bonds is 5. The van der Waals surface area contributed by atoms with Gasteiger partial charge in [0.15, 0.2) is 17.5 Å². The first-order valence-corrected chi connectivity index (χ1v) is 17.1. The first kappa shape index (κ1) is 29.0. The van der Waals surface area contributed by atoms with E-state index in [0.29, 0.717) is 17.5 Å². The van der Waals surface area contributed by atoms with Crippen molar-refractivity contribution in [1.82, 2.24) is 15.0 Å². The molecule has 2 heterocycles. The number of fused-ring (bicyclic) bond motifs is 5. The van der Waals surface area contributed by atoms with E-state index >= 15 is 0 Å². The van der Waals surface area contributed by atoms with Gasteiger partial charge in [-0.05, 0) is 68.1 Å². The monoisotopic (exact) mass is 651 g/mol. The van der Waals surface area contributed by atoms with Crippen molar-refractivity contribution in [3.63, 3.8) is 0 Å². The Morgan fingerprint density at radius 1 is 0.314 bits per heavy atom. The van der Waals surface area contributed by atoms with E-state index in [1.54, 1.807) is 0 Å². The minimum absolute atomic E-state index is 0.601. The predicted molar refractivity (Wildman–Crippen MR) is 209 cm³/mol. The lowest BCUT2D eigenvalue weighted by atomic mass is 9.93. The quantitative estimate of drug-likeness (QED) is 0.186. The molecule has 10 rings (SSSR count). The molecule has 0 atom stereocenters. The summed E-state index contributed by atoms with van der Waals surface area (Å²) in [4.78, 5) is 15.6. The van der Waals surface area contributed by atoms with Gasteiger partial charge >= 0.3 is 0 Å². The molecule has 0 aliphatic heterocycles. The van der Waals surface area contributed by atoms with Crippen LogP contribution in [0.2, 0.25) is 0 Å². The fraction of sp³-hybridized carbons (Fsp3) is 0. The molecule has 0 aliphatic rings. The number of benzene rings is 8. The molecule has 0 spiro atoms. The maximum atomic E-state index is 6.27. The SMILES string of the molecule is c1ccc(-c2cccc(-c3cccc4c(-c5nc(-c6ccc7ccccc7c6)nc(-c6cccc7oc8ccccc8c67)n5)cccc34)c2)cc1. The fourth-order valence-corrected chi connectivity index (χ4v) is 7.29. The van der Waals surface area contributed by atoms with Crippen LogP contribution in [0.3, 0.4) is 0 Å². The normalized spacial score (nSPS) is 11.5. The summed E-state index contributed by atoms with van der Waals surface area (Å²) in [5, 5.41) is 6.54. The lowest BCUT2D eigenvalue weighted by Crippen LogP contribution is -2.01. The van der Waals surface area contributed by atoms with Crippen molar-refractivity contribution in [2.24, 2.45) is 0 Å². The second-order valence-corrected chi connectivity index (χ2v) is 12.8. The molecule has 8 aromatic carbocycles. The zero-order valence-electron chi connectivity index (χ0n) is 27.5. The number of nitrogens with zero attached hydrogens (tertiary/aromatic N) is 3. The molecule has 0 fully saturated rings. The summed E-state index contributed by atoms with van der Waals surface area (Å²) in [5.74, 6) is 1.84. The van der Waals surface area contributed by atoms with Crippen LogP contribution in [-0.2, 0) is 0 Å². The van der Waals surface area contributed by atoms with Gasteiger partial charge in [-0.2, -0.15) is 0 Å². The van der Waals surface area contributed by atoms with Gasteiger partial charge in [0.05, 0.1) is 0 Å². The Hall–Kier alpha value is -6.91. The molecule has 2 aromatic heterocycles. The van der Waals surface area contributed by atoms with Crippen molar-refractivity contribution in [3.05, 3.63) is 176 Å². The van der Waals surface area contributed by atoms with Gasteiger partial charge in [-0.15, -0.1) is 0 Å². The zero-order chi connectivity index (χ0) is 33.7. The molecule has 0 saturated heterocycles. The molecule has 51 heavy (non-hydrogen) atoms. The van der Waals surface area contributed by atoms with Crippen LogP contribution in [-0.4, -0.2) is 15.0 Å². The second-order valence-electron chi connectivity index (χ2n) is 12.8. The number of hydrogen-bond donors (Lipinski definition) is 0. The molecule has 0 aliphatic carbocycles. The topological polar surface area (TPSA) is 51.8 Å². The first-order chi connectivity index (χ1) is 25.3. The molecule has 0 amide bonds. The minimum atomic E-state index is 0.601. The molecule has 4 heteroatoms. The Kier molecular flexibility index (Phi) is 6.78. The Morgan fingerprint density at radius 3 is 1.78 bits per heavy atom. The van der Waals surface area contributed by atoms with E-state index in [-0.39, 0.29) is 0 Å². The van der Waals surface area contributed by atoms with Gasteiger partial charge in [0.25, 0.3) is 0 Å². The first-order valence-electron chi connectivity index (χ1n) is 17.1. The van der Waals surface area contributed by atoms with Crippen LogP contribution < -0.4 is 0 Å². The van der Waals surface area contributed by atoms with Gasteiger partial charge < -0.3 is 4.42 Å². The third-order valence-electron chi connectivity index (χ3n) is 9.73. The summed E-state index contributed by atoms with van der Waals surface area (Å²) in [6.07, 6.45) is 0. The van der Waals surface area contributed by atoms with E-state index < -0.39 is 0 Å².